The molecule has 0 saturated carbocycles. The van der Waals surface area contributed by atoms with Crippen molar-refractivity contribution < 1.29 is 9.53 Å². The fourth-order valence-electron chi connectivity index (χ4n) is 4.10. The van der Waals surface area contributed by atoms with Crippen LogP contribution in [0.25, 0.3) is 10.9 Å². The van der Waals surface area contributed by atoms with Crippen molar-refractivity contribution in [3.05, 3.63) is 52.8 Å². The maximum Gasteiger partial charge on any atom is 0.256 e. The normalized spacial score (nSPS) is 14.9. The van der Waals surface area contributed by atoms with Gasteiger partial charge < -0.3 is 26.0 Å². The summed E-state index contributed by atoms with van der Waals surface area (Å²) < 4.78 is 5.39. The number of carbonyl (C=O) groups excluding carboxylic acids is 1. The van der Waals surface area contributed by atoms with Crippen molar-refractivity contribution in [3.63, 3.8) is 0 Å². The number of hydrogen-bond donors (Lipinski definition) is 3. The summed E-state index contributed by atoms with van der Waals surface area (Å²) >= 11 is 0. The summed E-state index contributed by atoms with van der Waals surface area (Å²) in [5.74, 6) is 1.34. The number of nitrogens with zero attached hydrogens (tertiary/aromatic N) is 3. The van der Waals surface area contributed by atoms with E-state index in [1.54, 1.807) is 0 Å². The van der Waals surface area contributed by atoms with Crippen molar-refractivity contribution >= 4 is 34.0 Å². The lowest BCUT2D eigenvalue weighted by Gasteiger charge is -2.27. The maximum atomic E-state index is 13.2. The summed E-state index contributed by atoms with van der Waals surface area (Å²) in [5, 5.41) is 7.54. The van der Waals surface area contributed by atoms with Gasteiger partial charge in [-0.25, -0.2) is 9.97 Å². The van der Waals surface area contributed by atoms with Crippen LogP contribution in [-0.2, 0) is 4.74 Å². The summed E-state index contributed by atoms with van der Waals surface area (Å²) in [4.78, 5) is 24.3. The number of aryl methyl sites for hydroxylation is 2. The van der Waals surface area contributed by atoms with Crippen LogP contribution in [0, 0.1) is 13.8 Å². The van der Waals surface area contributed by atoms with Crippen LogP contribution < -0.4 is 16.4 Å². The second kappa shape index (κ2) is 9.00. The number of ether oxygens (including phenoxy) is 1. The molecule has 1 amide bonds. The molecule has 1 saturated heterocycles. The number of nitrogens with two attached hydrogens (primary N) is 1. The first-order valence-corrected chi connectivity index (χ1v) is 10.9. The van der Waals surface area contributed by atoms with Crippen molar-refractivity contribution in [2.75, 3.05) is 49.7 Å². The zero-order valence-corrected chi connectivity index (χ0v) is 19.0. The topological polar surface area (TPSA) is 105 Å². The molecule has 0 radical (unpaired) electrons. The first-order valence-electron chi connectivity index (χ1n) is 10.9. The molecule has 1 aliphatic rings. The molecular weight excluding hydrogens is 404 g/mol. The number of aromatic nitrogens is 2. The maximum absolute atomic E-state index is 13.2. The highest BCUT2D eigenvalue weighted by Crippen LogP contribution is 2.31. The smallest absolute Gasteiger partial charge is 0.256 e. The highest BCUT2D eigenvalue weighted by molar-refractivity contribution is 6.05. The number of rotatable bonds is 5. The molecule has 3 aromatic rings. The molecule has 2 aromatic carbocycles. The molecule has 1 aliphatic heterocycles. The van der Waals surface area contributed by atoms with Crippen molar-refractivity contribution in [1.82, 2.24) is 14.9 Å². The van der Waals surface area contributed by atoms with Crippen LogP contribution >= 0.6 is 0 Å². The van der Waals surface area contributed by atoms with Gasteiger partial charge in [-0.15, -0.1) is 0 Å². The third-order valence-electron chi connectivity index (χ3n) is 5.72. The van der Waals surface area contributed by atoms with Crippen LogP contribution in [0.3, 0.4) is 0 Å². The van der Waals surface area contributed by atoms with Gasteiger partial charge in [-0.2, -0.15) is 0 Å². The largest absolute Gasteiger partial charge is 0.399 e. The number of fused-ring (bicyclic) bond motifs is 1. The third kappa shape index (κ3) is 4.45. The number of benzene rings is 2. The minimum atomic E-state index is -0.0195. The Labute approximate surface area is 188 Å². The fraction of sp³-hybridized carbons (Fsp3) is 0.375. The summed E-state index contributed by atoms with van der Waals surface area (Å²) in [7, 11) is 1.82. The molecule has 2 heterocycles. The first kappa shape index (κ1) is 21.8. The van der Waals surface area contributed by atoms with Gasteiger partial charge in [-0.1, -0.05) is 6.07 Å². The number of anilines is 3. The van der Waals surface area contributed by atoms with E-state index in [1.807, 2.05) is 50.1 Å². The second-order valence-corrected chi connectivity index (χ2v) is 8.23. The molecule has 4 N–H and O–H groups in total. The van der Waals surface area contributed by atoms with Gasteiger partial charge in [0, 0.05) is 36.9 Å². The summed E-state index contributed by atoms with van der Waals surface area (Å²) in [6.07, 6.45) is 0. The Balaban J connectivity index is 1.73. The van der Waals surface area contributed by atoms with Crippen LogP contribution in [0.2, 0.25) is 0 Å². The minimum Gasteiger partial charge on any atom is -0.399 e. The second-order valence-electron chi connectivity index (χ2n) is 8.23. The van der Waals surface area contributed by atoms with Crippen molar-refractivity contribution in [2.24, 2.45) is 0 Å². The molecule has 0 spiro atoms. The molecule has 0 aliphatic carbocycles. The van der Waals surface area contributed by atoms with Gasteiger partial charge in [-0.05, 0) is 56.2 Å². The van der Waals surface area contributed by atoms with Gasteiger partial charge >= 0.3 is 0 Å². The predicted molar refractivity (Wildman–Crippen MR) is 128 cm³/mol. The average Bonchev–Trinajstić information content (AvgIpc) is 2.77. The molecule has 1 fully saturated rings. The summed E-state index contributed by atoms with van der Waals surface area (Å²) in [6, 6.07) is 9.83. The van der Waals surface area contributed by atoms with Crippen LogP contribution in [-0.4, -0.2) is 54.1 Å². The van der Waals surface area contributed by atoms with Gasteiger partial charge in [0.05, 0.1) is 30.3 Å². The molecule has 8 heteroatoms. The SMILES string of the molecule is CNc1cc2c(N[C@H](C)c3cc(C)cc(N)c3)nc(C)nc2cc1C(=O)N1CCOCC1. The van der Waals surface area contributed by atoms with E-state index in [9.17, 15) is 4.79 Å². The molecule has 0 bridgehead atoms. The Bertz CT molecular complexity index is 1140. The van der Waals surface area contributed by atoms with Crippen molar-refractivity contribution in [1.29, 1.82) is 0 Å². The first-order chi connectivity index (χ1) is 15.4. The number of carbonyl (C=O) groups is 1. The van der Waals surface area contributed by atoms with Gasteiger partial charge in [0.2, 0.25) is 0 Å². The minimum absolute atomic E-state index is 0.0117. The van der Waals surface area contributed by atoms with Gasteiger partial charge in [-0.3, -0.25) is 4.79 Å². The monoisotopic (exact) mass is 434 g/mol. The molecule has 8 nitrogen and oxygen atoms in total. The Morgan fingerprint density at radius 2 is 1.88 bits per heavy atom. The lowest BCUT2D eigenvalue weighted by Crippen LogP contribution is -2.40. The average molecular weight is 435 g/mol. The zero-order chi connectivity index (χ0) is 22.8. The van der Waals surface area contributed by atoms with Crippen LogP contribution in [0.15, 0.2) is 30.3 Å². The third-order valence-corrected chi connectivity index (χ3v) is 5.72. The highest BCUT2D eigenvalue weighted by atomic mass is 16.5. The van der Waals surface area contributed by atoms with E-state index in [4.69, 9.17) is 10.5 Å². The Morgan fingerprint density at radius 1 is 1.12 bits per heavy atom. The van der Waals surface area contributed by atoms with Crippen LogP contribution in [0.4, 0.5) is 17.2 Å². The summed E-state index contributed by atoms with van der Waals surface area (Å²) in [6.45, 7) is 8.26. The van der Waals surface area contributed by atoms with Gasteiger partial charge in [0.1, 0.15) is 11.6 Å². The van der Waals surface area contributed by atoms with Crippen molar-refractivity contribution in [3.8, 4) is 0 Å². The summed E-state index contributed by atoms with van der Waals surface area (Å²) in [5.41, 5.74) is 11.1. The Hall–Kier alpha value is -3.39. The number of morpholine rings is 1. The van der Waals surface area contributed by atoms with Gasteiger partial charge in [0.25, 0.3) is 5.91 Å². The fourth-order valence-corrected chi connectivity index (χ4v) is 4.10. The van der Waals surface area contributed by atoms with Crippen LogP contribution in [0.5, 0.6) is 0 Å². The molecule has 1 atom stereocenters. The van der Waals surface area contributed by atoms with E-state index in [0.29, 0.717) is 37.7 Å². The molecule has 168 valence electrons. The lowest BCUT2D eigenvalue weighted by atomic mass is 10.0. The van der Waals surface area contributed by atoms with E-state index >= 15 is 0 Å². The Kier molecular flexibility index (Phi) is 6.14. The van der Waals surface area contributed by atoms with E-state index < -0.39 is 0 Å². The molecule has 4 rings (SSSR count). The number of amides is 1. The molecule has 32 heavy (non-hydrogen) atoms. The van der Waals surface area contributed by atoms with E-state index in [0.717, 1.165) is 39.2 Å². The van der Waals surface area contributed by atoms with Crippen molar-refractivity contribution in [2.45, 2.75) is 26.8 Å². The van der Waals surface area contributed by atoms with E-state index in [-0.39, 0.29) is 11.9 Å². The Morgan fingerprint density at radius 3 is 2.56 bits per heavy atom. The van der Waals surface area contributed by atoms with E-state index in [1.165, 1.54) is 0 Å². The van der Waals surface area contributed by atoms with Crippen LogP contribution in [0.1, 0.15) is 40.3 Å². The molecule has 0 unspecified atom stereocenters. The predicted octanol–water partition coefficient (Wildman–Crippen LogP) is 3.52. The zero-order valence-electron chi connectivity index (χ0n) is 19.0. The standard InChI is InChI=1S/C24H30N6O2/c1-14-9-17(11-18(25)10-14)15(2)27-23-19-12-21(26-4)20(13-22(19)28-16(3)29-23)24(31)30-5-7-32-8-6-30/h9-13,15,26H,5-8,25H2,1-4H3,(H,27,28,29)/t15-/m1/s1. The highest BCUT2D eigenvalue weighted by Gasteiger charge is 2.23. The molecular formula is C24H30N6O2. The number of hydrogen-bond acceptors (Lipinski definition) is 7. The number of nitrogens with one attached hydrogen (secondary N) is 2. The number of nitrogen functional groups attached to an aromatic ring is 1. The van der Waals surface area contributed by atoms with Gasteiger partial charge in [0.15, 0.2) is 0 Å². The molecule has 1 aromatic heterocycles. The van der Waals surface area contributed by atoms with E-state index in [2.05, 4.69) is 33.6 Å². The quantitative estimate of drug-likeness (QED) is 0.528. The lowest BCUT2D eigenvalue weighted by molar-refractivity contribution is 0.0303.